The van der Waals surface area contributed by atoms with Gasteiger partial charge in [-0.1, -0.05) is 47.0 Å². The van der Waals surface area contributed by atoms with Gasteiger partial charge >= 0.3 is 0 Å². The Balaban J connectivity index is 2.86. The third-order valence-electron chi connectivity index (χ3n) is 4.44. The van der Waals surface area contributed by atoms with Crippen molar-refractivity contribution in [3.05, 3.63) is 0 Å². The number of Topliss-reactive ketones (excluding diaryl/α,β-unsaturated/α-hetero) is 1. The van der Waals surface area contributed by atoms with Crippen LogP contribution in [0.5, 0.6) is 0 Å². The summed E-state index contributed by atoms with van der Waals surface area (Å²) in [6.45, 7) is 8.81. The molecule has 0 bridgehead atoms. The molecular weight excluding hydrogens is 196 g/mol. The van der Waals surface area contributed by atoms with Crippen LogP contribution in [0.25, 0.3) is 0 Å². The lowest BCUT2D eigenvalue weighted by Gasteiger charge is -2.30. The molecule has 0 aromatic rings. The number of rotatable bonds is 6. The van der Waals surface area contributed by atoms with Crippen LogP contribution in [-0.4, -0.2) is 5.78 Å². The molecule has 1 unspecified atom stereocenters. The van der Waals surface area contributed by atoms with Gasteiger partial charge in [0.2, 0.25) is 0 Å². The highest BCUT2D eigenvalue weighted by Crippen LogP contribution is 2.52. The van der Waals surface area contributed by atoms with Crippen LogP contribution in [0, 0.1) is 10.8 Å². The minimum atomic E-state index is -0.000903. The first kappa shape index (κ1) is 13.7. The van der Waals surface area contributed by atoms with E-state index >= 15 is 0 Å². The zero-order valence-electron chi connectivity index (χ0n) is 11.6. The van der Waals surface area contributed by atoms with Crippen molar-refractivity contribution in [1.82, 2.24) is 0 Å². The summed E-state index contributed by atoms with van der Waals surface area (Å²) in [4.78, 5) is 12.7. The minimum Gasteiger partial charge on any atom is -0.298 e. The van der Waals surface area contributed by atoms with Crippen molar-refractivity contribution in [3.8, 4) is 0 Å². The normalized spacial score (nSPS) is 28.6. The Hall–Kier alpha value is -0.330. The van der Waals surface area contributed by atoms with E-state index in [2.05, 4.69) is 27.7 Å². The van der Waals surface area contributed by atoms with Gasteiger partial charge in [0.25, 0.3) is 0 Å². The summed E-state index contributed by atoms with van der Waals surface area (Å²) in [6, 6.07) is 0. The second-order valence-corrected chi connectivity index (χ2v) is 5.92. The number of hydrogen-bond donors (Lipinski definition) is 0. The van der Waals surface area contributed by atoms with Crippen molar-refractivity contribution in [2.45, 2.75) is 79.1 Å². The molecule has 0 spiro atoms. The summed E-state index contributed by atoms with van der Waals surface area (Å²) in [7, 11) is 0. The average molecular weight is 224 g/mol. The Labute approximate surface area is 101 Å². The smallest absolute Gasteiger partial charge is 0.144 e. The van der Waals surface area contributed by atoms with E-state index in [4.69, 9.17) is 0 Å². The summed E-state index contributed by atoms with van der Waals surface area (Å²) < 4.78 is 0. The molecule has 0 aromatic heterocycles. The third kappa shape index (κ3) is 2.33. The minimum absolute atomic E-state index is 0.000903. The predicted molar refractivity (Wildman–Crippen MR) is 69.5 cm³/mol. The number of carbonyl (C=O) groups excluding carboxylic acids is 1. The fraction of sp³-hybridized carbons (Fsp3) is 0.933. The maximum Gasteiger partial charge on any atom is 0.144 e. The summed E-state index contributed by atoms with van der Waals surface area (Å²) in [5, 5.41) is 0. The van der Waals surface area contributed by atoms with Crippen molar-refractivity contribution < 1.29 is 4.79 Å². The lowest BCUT2D eigenvalue weighted by Crippen LogP contribution is -2.33. The Kier molecular flexibility index (Phi) is 4.58. The molecule has 0 heterocycles. The second-order valence-electron chi connectivity index (χ2n) is 5.92. The van der Waals surface area contributed by atoms with E-state index < -0.39 is 0 Å². The van der Waals surface area contributed by atoms with E-state index in [9.17, 15) is 4.79 Å². The van der Waals surface area contributed by atoms with Gasteiger partial charge in [-0.15, -0.1) is 0 Å². The van der Waals surface area contributed by atoms with E-state index in [1.165, 1.54) is 0 Å². The first-order valence-corrected chi connectivity index (χ1v) is 7.09. The van der Waals surface area contributed by atoms with Crippen LogP contribution in [0.4, 0.5) is 0 Å². The van der Waals surface area contributed by atoms with Gasteiger partial charge in [0.05, 0.1) is 0 Å². The molecule has 0 aromatic carbocycles. The monoisotopic (exact) mass is 224 g/mol. The van der Waals surface area contributed by atoms with Gasteiger partial charge in [-0.25, -0.2) is 0 Å². The van der Waals surface area contributed by atoms with Gasteiger partial charge in [0.15, 0.2) is 0 Å². The maximum absolute atomic E-state index is 12.7. The van der Waals surface area contributed by atoms with Gasteiger partial charge < -0.3 is 0 Å². The molecule has 0 radical (unpaired) electrons. The van der Waals surface area contributed by atoms with Crippen LogP contribution in [-0.2, 0) is 4.79 Å². The van der Waals surface area contributed by atoms with Crippen LogP contribution in [0.3, 0.4) is 0 Å². The second kappa shape index (κ2) is 5.33. The summed E-state index contributed by atoms with van der Waals surface area (Å²) in [5.74, 6) is 0.588. The SMILES string of the molecule is CCCC1(C)CCC(CCC)(CCC)C1=O. The van der Waals surface area contributed by atoms with Gasteiger partial charge in [-0.3, -0.25) is 4.79 Å². The number of ketones is 1. The van der Waals surface area contributed by atoms with Crippen LogP contribution < -0.4 is 0 Å². The first-order chi connectivity index (χ1) is 7.54. The molecular formula is C15H28O. The highest BCUT2D eigenvalue weighted by atomic mass is 16.1. The van der Waals surface area contributed by atoms with Crippen molar-refractivity contribution >= 4 is 5.78 Å². The van der Waals surface area contributed by atoms with Gasteiger partial charge in [0, 0.05) is 10.8 Å². The molecule has 0 amide bonds. The Morgan fingerprint density at radius 1 is 0.938 bits per heavy atom. The van der Waals surface area contributed by atoms with Crippen LogP contribution in [0.1, 0.15) is 79.1 Å². The standard InChI is InChI=1S/C15H28O/c1-5-8-14(4)11-12-15(9-6-2,10-7-3)13(14)16/h5-12H2,1-4H3. The molecule has 0 aliphatic heterocycles. The Morgan fingerprint density at radius 3 is 1.88 bits per heavy atom. The number of hydrogen-bond acceptors (Lipinski definition) is 1. The molecule has 1 fully saturated rings. The molecule has 0 N–H and O–H groups in total. The van der Waals surface area contributed by atoms with E-state index in [0.29, 0.717) is 5.78 Å². The molecule has 1 rings (SSSR count). The van der Waals surface area contributed by atoms with Crippen molar-refractivity contribution in [2.75, 3.05) is 0 Å². The van der Waals surface area contributed by atoms with Crippen LogP contribution in [0.2, 0.25) is 0 Å². The zero-order chi connectivity index (χ0) is 12.2. The summed E-state index contributed by atoms with van der Waals surface area (Å²) in [5.41, 5.74) is 0.0481. The van der Waals surface area contributed by atoms with E-state index in [0.717, 1.165) is 51.4 Å². The molecule has 1 atom stereocenters. The number of carbonyl (C=O) groups is 1. The van der Waals surface area contributed by atoms with E-state index in [1.807, 2.05) is 0 Å². The van der Waals surface area contributed by atoms with Gasteiger partial charge in [-0.2, -0.15) is 0 Å². The van der Waals surface area contributed by atoms with Crippen molar-refractivity contribution in [1.29, 1.82) is 0 Å². The largest absolute Gasteiger partial charge is 0.298 e. The van der Waals surface area contributed by atoms with Gasteiger partial charge in [0.1, 0.15) is 5.78 Å². The lowest BCUT2D eigenvalue weighted by molar-refractivity contribution is -0.134. The average Bonchev–Trinajstić information content (AvgIpc) is 2.47. The van der Waals surface area contributed by atoms with Crippen molar-refractivity contribution in [2.24, 2.45) is 10.8 Å². The van der Waals surface area contributed by atoms with Crippen LogP contribution in [0.15, 0.2) is 0 Å². The highest BCUT2D eigenvalue weighted by molar-refractivity contribution is 5.92. The fourth-order valence-electron chi connectivity index (χ4n) is 3.73. The lowest BCUT2D eigenvalue weighted by atomic mass is 9.72. The molecule has 1 aliphatic carbocycles. The molecule has 0 saturated heterocycles. The fourth-order valence-corrected chi connectivity index (χ4v) is 3.73. The molecule has 1 aliphatic rings. The topological polar surface area (TPSA) is 17.1 Å². The Bertz CT molecular complexity index is 238. The Morgan fingerprint density at radius 2 is 1.44 bits per heavy atom. The quantitative estimate of drug-likeness (QED) is 0.636. The molecule has 1 nitrogen and oxygen atoms in total. The molecule has 1 saturated carbocycles. The zero-order valence-corrected chi connectivity index (χ0v) is 11.6. The summed E-state index contributed by atoms with van der Waals surface area (Å²) >= 11 is 0. The van der Waals surface area contributed by atoms with Crippen LogP contribution >= 0.6 is 0 Å². The van der Waals surface area contributed by atoms with E-state index in [1.54, 1.807) is 0 Å². The van der Waals surface area contributed by atoms with E-state index in [-0.39, 0.29) is 10.8 Å². The summed E-state index contributed by atoms with van der Waals surface area (Å²) in [6.07, 6.45) is 9.00. The molecule has 16 heavy (non-hydrogen) atoms. The van der Waals surface area contributed by atoms with Gasteiger partial charge in [-0.05, 0) is 32.1 Å². The molecule has 1 heteroatoms. The predicted octanol–water partition coefficient (Wildman–Crippen LogP) is 4.74. The molecule has 94 valence electrons. The maximum atomic E-state index is 12.7. The first-order valence-electron chi connectivity index (χ1n) is 7.09. The highest BCUT2D eigenvalue weighted by Gasteiger charge is 2.51. The van der Waals surface area contributed by atoms with Crippen molar-refractivity contribution in [3.63, 3.8) is 0 Å². The third-order valence-corrected chi connectivity index (χ3v) is 4.44.